The van der Waals surface area contributed by atoms with Gasteiger partial charge in [0.1, 0.15) is 0 Å². The van der Waals surface area contributed by atoms with Gasteiger partial charge in [0, 0.05) is 40.9 Å². The predicted octanol–water partition coefficient (Wildman–Crippen LogP) is 5.95. The minimum absolute atomic E-state index is 0.204. The zero-order valence-corrected chi connectivity index (χ0v) is 19.9. The van der Waals surface area contributed by atoms with Crippen molar-refractivity contribution >= 4 is 40.1 Å². The zero-order valence-electron chi connectivity index (χ0n) is 19.0. The van der Waals surface area contributed by atoms with Crippen LogP contribution in [-0.4, -0.2) is 38.4 Å². The number of para-hydroxylation sites is 2. The number of benzene rings is 2. The quantitative estimate of drug-likeness (QED) is 0.271. The number of nitrogens with zero attached hydrogens (tertiary/aromatic N) is 4. The molecule has 0 fully saturated rings. The second kappa shape index (κ2) is 9.80. The van der Waals surface area contributed by atoms with Gasteiger partial charge in [-0.1, -0.05) is 48.5 Å². The van der Waals surface area contributed by atoms with Gasteiger partial charge in [0.2, 0.25) is 0 Å². The first-order valence-corrected chi connectivity index (χ1v) is 11.5. The fraction of sp³-hybridized carbons (Fsp3) is 0.296. The number of thiol groups is 1. The van der Waals surface area contributed by atoms with E-state index >= 15 is 0 Å². The van der Waals surface area contributed by atoms with Gasteiger partial charge in [-0.3, -0.25) is 19.9 Å². The van der Waals surface area contributed by atoms with Crippen LogP contribution in [0.25, 0.3) is 21.8 Å². The Morgan fingerprint density at radius 1 is 0.812 bits per heavy atom. The Morgan fingerprint density at radius 3 is 1.81 bits per heavy atom. The molecule has 0 spiro atoms. The molecule has 0 N–H and O–H groups in total. The number of aromatic nitrogens is 2. The predicted molar refractivity (Wildman–Crippen MR) is 139 cm³/mol. The number of pyridine rings is 2. The van der Waals surface area contributed by atoms with E-state index in [0.717, 1.165) is 65.1 Å². The molecule has 4 nitrogen and oxygen atoms in total. The van der Waals surface area contributed by atoms with E-state index in [4.69, 9.17) is 15.0 Å². The normalized spacial score (nSPS) is 12.7. The fourth-order valence-electron chi connectivity index (χ4n) is 3.62. The molecular formula is C27H30N4S. The molecule has 0 bridgehead atoms. The van der Waals surface area contributed by atoms with Gasteiger partial charge in [-0.15, -0.1) is 0 Å². The molecule has 0 atom stereocenters. The highest BCUT2D eigenvalue weighted by Crippen LogP contribution is 2.17. The average molecular weight is 443 g/mol. The highest BCUT2D eigenvalue weighted by molar-refractivity contribution is 7.82. The molecule has 0 aliphatic rings. The third-order valence-electron chi connectivity index (χ3n) is 5.73. The van der Waals surface area contributed by atoms with E-state index in [-0.39, 0.29) is 4.75 Å². The van der Waals surface area contributed by atoms with Gasteiger partial charge < -0.3 is 0 Å². The molecule has 32 heavy (non-hydrogen) atoms. The molecule has 0 unspecified atom stereocenters. The van der Waals surface area contributed by atoms with E-state index in [9.17, 15) is 0 Å². The van der Waals surface area contributed by atoms with Crippen LogP contribution in [0.2, 0.25) is 0 Å². The van der Waals surface area contributed by atoms with Crippen molar-refractivity contribution in [3.05, 3.63) is 84.2 Å². The summed E-state index contributed by atoms with van der Waals surface area (Å²) in [6.07, 6.45) is 0. The zero-order chi connectivity index (χ0) is 22.6. The lowest BCUT2D eigenvalue weighted by Crippen LogP contribution is -2.28. The third-order valence-corrected chi connectivity index (χ3v) is 6.06. The standard InChI is InChI=1S/C27H30N4S/c1-20(27(2,3)32)28-16-17-31(18-23-14-12-21-8-4-6-10-25(21)29-23)19-24-15-13-22-9-5-7-11-26(22)30-24/h4-15,32H,16-19H2,1-3H3. The van der Waals surface area contributed by atoms with Crippen LogP contribution in [-0.2, 0) is 13.1 Å². The maximum absolute atomic E-state index is 4.88. The molecule has 2 aromatic heterocycles. The molecule has 0 amide bonds. The smallest absolute Gasteiger partial charge is 0.0705 e. The Hall–Kier alpha value is -2.76. The molecule has 0 aliphatic carbocycles. The maximum atomic E-state index is 4.88. The highest BCUT2D eigenvalue weighted by Gasteiger charge is 2.15. The lowest BCUT2D eigenvalue weighted by atomic mass is 10.1. The maximum Gasteiger partial charge on any atom is 0.0705 e. The van der Waals surface area contributed by atoms with Crippen LogP contribution >= 0.6 is 12.6 Å². The topological polar surface area (TPSA) is 41.4 Å². The van der Waals surface area contributed by atoms with Crippen molar-refractivity contribution in [2.75, 3.05) is 13.1 Å². The SMILES string of the molecule is CC(=NCCN(Cc1ccc2ccccc2n1)Cc1ccc2ccccc2n1)C(C)(C)S. The Morgan fingerprint density at radius 2 is 1.31 bits per heavy atom. The summed E-state index contributed by atoms with van der Waals surface area (Å²) in [6, 6.07) is 25.0. The molecule has 0 saturated heterocycles. The summed E-state index contributed by atoms with van der Waals surface area (Å²) in [6.45, 7) is 9.24. The third kappa shape index (κ3) is 5.72. The summed E-state index contributed by atoms with van der Waals surface area (Å²) in [5.41, 5.74) is 5.21. The summed E-state index contributed by atoms with van der Waals surface area (Å²) in [5.74, 6) is 0. The Bertz CT molecular complexity index is 1160. The summed E-state index contributed by atoms with van der Waals surface area (Å²) < 4.78 is -0.204. The second-order valence-electron chi connectivity index (χ2n) is 8.73. The molecule has 2 aromatic carbocycles. The van der Waals surface area contributed by atoms with Gasteiger partial charge in [-0.05, 0) is 45.0 Å². The Balaban J connectivity index is 1.55. The van der Waals surface area contributed by atoms with Crippen LogP contribution in [0.4, 0.5) is 0 Å². The molecule has 0 radical (unpaired) electrons. The lowest BCUT2D eigenvalue weighted by molar-refractivity contribution is 0.259. The minimum Gasteiger partial charge on any atom is -0.292 e. The molecule has 2 heterocycles. The number of aliphatic imine (C=N–C) groups is 1. The van der Waals surface area contributed by atoms with E-state index in [1.807, 2.05) is 31.2 Å². The van der Waals surface area contributed by atoms with E-state index in [1.54, 1.807) is 0 Å². The monoisotopic (exact) mass is 442 g/mol. The number of fused-ring (bicyclic) bond motifs is 2. The van der Waals surface area contributed by atoms with Crippen LogP contribution < -0.4 is 0 Å². The largest absolute Gasteiger partial charge is 0.292 e. The Kier molecular flexibility index (Phi) is 6.87. The van der Waals surface area contributed by atoms with E-state index in [0.29, 0.717) is 0 Å². The van der Waals surface area contributed by atoms with E-state index < -0.39 is 0 Å². The first-order chi connectivity index (χ1) is 15.4. The van der Waals surface area contributed by atoms with Crippen molar-refractivity contribution in [1.29, 1.82) is 0 Å². The first-order valence-electron chi connectivity index (χ1n) is 11.0. The fourth-order valence-corrected chi connectivity index (χ4v) is 3.69. The van der Waals surface area contributed by atoms with Crippen LogP contribution in [0.5, 0.6) is 0 Å². The van der Waals surface area contributed by atoms with Gasteiger partial charge in [-0.25, -0.2) is 0 Å². The molecule has 4 rings (SSSR count). The molecular weight excluding hydrogens is 412 g/mol. The summed E-state index contributed by atoms with van der Waals surface area (Å²) in [7, 11) is 0. The molecule has 0 aliphatic heterocycles. The molecule has 5 heteroatoms. The number of hydrogen-bond acceptors (Lipinski definition) is 5. The number of rotatable bonds is 8. The summed E-state index contributed by atoms with van der Waals surface area (Å²) >= 11 is 4.64. The minimum atomic E-state index is -0.204. The van der Waals surface area contributed by atoms with Crippen LogP contribution in [0, 0.1) is 0 Å². The number of hydrogen-bond donors (Lipinski definition) is 1. The van der Waals surface area contributed by atoms with Crippen LogP contribution in [0.15, 0.2) is 77.8 Å². The van der Waals surface area contributed by atoms with Gasteiger partial charge in [0.25, 0.3) is 0 Å². The van der Waals surface area contributed by atoms with Crippen molar-refractivity contribution in [1.82, 2.24) is 14.9 Å². The van der Waals surface area contributed by atoms with Crippen molar-refractivity contribution in [2.45, 2.75) is 38.6 Å². The van der Waals surface area contributed by atoms with Crippen molar-refractivity contribution in [3.8, 4) is 0 Å². The van der Waals surface area contributed by atoms with Crippen molar-refractivity contribution in [3.63, 3.8) is 0 Å². The van der Waals surface area contributed by atoms with E-state index in [2.05, 4.69) is 79.9 Å². The van der Waals surface area contributed by atoms with Gasteiger partial charge in [0.05, 0.1) is 29.0 Å². The van der Waals surface area contributed by atoms with Crippen LogP contribution in [0.1, 0.15) is 32.2 Å². The molecule has 4 aromatic rings. The average Bonchev–Trinajstić information content (AvgIpc) is 2.78. The van der Waals surface area contributed by atoms with Gasteiger partial charge >= 0.3 is 0 Å². The molecule has 0 saturated carbocycles. The van der Waals surface area contributed by atoms with Gasteiger partial charge in [0.15, 0.2) is 0 Å². The van der Waals surface area contributed by atoms with Crippen LogP contribution in [0.3, 0.4) is 0 Å². The van der Waals surface area contributed by atoms with Crippen molar-refractivity contribution < 1.29 is 0 Å². The first kappa shape index (κ1) is 22.4. The second-order valence-corrected chi connectivity index (χ2v) is 9.85. The summed E-state index contributed by atoms with van der Waals surface area (Å²) in [5, 5.41) is 2.32. The molecule has 164 valence electrons. The van der Waals surface area contributed by atoms with Crippen molar-refractivity contribution in [2.24, 2.45) is 4.99 Å². The highest BCUT2D eigenvalue weighted by atomic mass is 32.1. The Labute approximate surface area is 195 Å². The van der Waals surface area contributed by atoms with Gasteiger partial charge in [-0.2, -0.15) is 12.6 Å². The summed E-state index contributed by atoms with van der Waals surface area (Å²) in [4.78, 5) is 16.9. The lowest BCUT2D eigenvalue weighted by Gasteiger charge is -2.22. The van der Waals surface area contributed by atoms with E-state index in [1.165, 1.54) is 0 Å².